The Morgan fingerprint density at radius 1 is 1.40 bits per heavy atom. The maximum Gasteiger partial charge on any atom is 0.441 e. The highest BCUT2D eigenvalue weighted by molar-refractivity contribution is 8.00. The molecule has 0 bridgehead atoms. The quantitative estimate of drug-likeness (QED) is 0.614. The Morgan fingerprint density at radius 2 is 2.05 bits per heavy atom. The van der Waals surface area contributed by atoms with Gasteiger partial charge in [-0.2, -0.15) is 13.2 Å². The van der Waals surface area contributed by atoms with Crippen LogP contribution in [0.2, 0.25) is 0 Å². The molecule has 0 aliphatic carbocycles. The third kappa shape index (κ3) is 5.10. The number of hydrogen-bond donors (Lipinski definition) is 2. The number of thioether (sulfide) groups is 1. The number of nitrogen functional groups attached to an aromatic ring is 1. The predicted molar refractivity (Wildman–Crippen MR) is 71.1 cm³/mol. The summed E-state index contributed by atoms with van der Waals surface area (Å²) in [4.78, 5) is -0.124. The first-order valence-electron chi connectivity index (χ1n) is 5.29. The molecule has 0 saturated carbocycles. The van der Waals surface area contributed by atoms with Crippen molar-refractivity contribution < 1.29 is 26.3 Å². The van der Waals surface area contributed by atoms with Gasteiger partial charge in [-0.3, -0.25) is 0 Å². The average Bonchev–Trinajstić information content (AvgIpc) is 2.34. The van der Waals surface area contributed by atoms with Gasteiger partial charge in [0.15, 0.2) is 0 Å². The molecule has 0 saturated heterocycles. The summed E-state index contributed by atoms with van der Waals surface area (Å²) in [7, 11) is -2.56. The number of rotatable bonds is 6. The smallest absolute Gasteiger partial charge is 0.441 e. The fraction of sp³-hybridized carbons (Fsp3) is 0.400. The van der Waals surface area contributed by atoms with Crippen LogP contribution in [0.15, 0.2) is 23.1 Å². The summed E-state index contributed by atoms with van der Waals surface area (Å²) in [5.74, 6) is -0.230. The minimum absolute atomic E-state index is 0.124. The second kappa shape index (κ2) is 6.55. The number of methoxy groups -OCH3 is 1. The molecule has 0 aromatic heterocycles. The zero-order valence-electron chi connectivity index (χ0n) is 10.4. The van der Waals surface area contributed by atoms with E-state index in [2.05, 4.69) is 4.72 Å². The minimum Gasteiger partial charge on any atom is -0.495 e. The van der Waals surface area contributed by atoms with Crippen LogP contribution in [0.25, 0.3) is 0 Å². The lowest BCUT2D eigenvalue weighted by atomic mass is 10.3. The molecule has 0 aliphatic heterocycles. The zero-order valence-corrected chi connectivity index (χ0v) is 12.0. The highest BCUT2D eigenvalue weighted by Gasteiger charge is 2.27. The van der Waals surface area contributed by atoms with E-state index in [9.17, 15) is 21.6 Å². The Labute approximate surface area is 118 Å². The number of sulfonamides is 1. The van der Waals surface area contributed by atoms with Crippen molar-refractivity contribution in [2.24, 2.45) is 0 Å². The van der Waals surface area contributed by atoms with Crippen LogP contribution in [0.4, 0.5) is 18.9 Å². The van der Waals surface area contributed by atoms with E-state index < -0.39 is 21.3 Å². The molecule has 1 aromatic rings. The van der Waals surface area contributed by atoms with Gasteiger partial charge in [-0.1, -0.05) is 0 Å². The Balaban J connectivity index is 2.69. The van der Waals surface area contributed by atoms with Gasteiger partial charge in [0, 0.05) is 18.4 Å². The summed E-state index contributed by atoms with van der Waals surface area (Å²) >= 11 is -0.292. The van der Waals surface area contributed by atoms with Gasteiger partial charge in [0.05, 0.1) is 17.7 Å². The predicted octanol–water partition coefficient (Wildman–Crippen LogP) is 1.81. The molecule has 5 nitrogen and oxygen atoms in total. The van der Waals surface area contributed by atoms with Gasteiger partial charge in [0.2, 0.25) is 10.0 Å². The molecule has 0 heterocycles. The Morgan fingerprint density at radius 3 is 2.60 bits per heavy atom. The molecule has 1 rings (SSSR count). The van der Waals surface area contributed by atoms with Crippen molar-refractivity contribution >= 4 is 27.5 Å². The van der Waals surface area contributed by atoms with E-state index in [1.165, 1.54) is 25.3 Å². The number of halogens is 3. The summed E-state index contributed by atoms with van der Waals surface area (Å²) in [6.45, 7) is -0.334. The van der Waals surface area contributed by atoms with Crippen molar-refractivity contribution in [1.82, 2.24) is 4.72 Å². The minimum atomic E-state index is -4.38. The lowest BCUT2D eigenvalue weighted by Gasteiger charge is -2.10. The summed E-state index contributed by atoms with van der Waals surface area (Å²) < 4.78 is 66.3. The molecule has 0 spiro atoms. The SMILES string of the molecule is COc1cc(S(=O)(=O)NCCSC(F)(F)F)ccc1N. The number of nitrogens with two attached hydrogens (primary N) is 1. The van der Waals surface area contributed by atoms with Gasteiger partial charge < -0.3 is 10.5 Å². The van der Waals surface area contributed by atoms with Crippen LogP contribution < -0.4 is 15.2 Å². The number of ether oxygens (including phenoxy) is 1. The van der Waals surface area contributed by atoms with E-state index in [4.69, 9.17) is 10.5 Å². The van der Waals surface area contributed by atoms with E-state index in [-0.39, 0.29) is 34.6 Å². The van der Waals surface area contributed by atoms with Crippen LogP contribution in [0.3, 0.4) is 0 Å². The zero-order chi connectivity index (χ0) is 15.4. The number of anilines is 1. The molecule has 0 aliphatic rings. The Hall–Kier alpha value is -1.13. The lowest BCUT2D eigenvalue weighted by molar-refractivity contribution is -0.0327. The molecule has 0 atom stereocenters. The third-order valence-corrected chi connectivity index (χ3v) is 4.37. The maximum atomic E-state index is 11.9. The first kappa shape index (κ1) is 16.9. The van der Waals surface area contributed by atoms with Crippen LogP contribution >= 0.6 is 11.8 Å². The highest BCUT2D eigenvalue weighted by Crippen LogP contribution is 2.29. The monoisotopic (exact) mass is 330 g/mol. The van der Waals surface area contributed by atoms with Crippen molar-refractivity contribution in [2.45, 2.75) is 10.4 Å². The van der Waals surface area contributed by atoms with E-state index in [1.54, 1.807) is 0 Å². The molecule has 20 heavy (non-hydrogen) atoms. The topological polar surface area (TPSA) is 81.4 Å². The fourth-order valence-electron chi connectivity index (χ4n) is 1.28. The molecule has 0 amide bonds. The molecule has 3 N–H and O–H groups in total. The third-order valence-electron chi connectivity index (χ3n) is 2.18. The fourth-order valence-corrected chi connectivity index (χ4v) is 2.90. The largest absolute Gasteiger partial charge is 0.495 e. The molecule has 0 fully saturated rings. The summed E-state index contributed by atoms with van der Waals surface area (Å²) in [6.07, 6.45) is 0. The molecule has 0 radical (unpaired) electrons. The molecule has 114 valence electrons. The second-order valence-corrected chi connectivity index (χ2v) is 6.52. The first-order chi connectivity index (χ1) is 9.15. The van der Waals surface area contributed by atoms with Gasteiger partial charge >= 0.3 is 5.51 Å². The number of alkyl halides is 3. The second-order valence-electron chi connectivity index (χ2n) is 3.60. The van der Waals surface area contributed by atoms with Crippen LogP contribution in [-0.2, 0) is 10.0 Å². The number of hydrogen-bond acceptors (Lipinski definition) is 5. The molecule has 0 unspecified atom stereocenters. The van der Waals surface area contributed by atoms with Crippen molar-refractivity contribution in [3.05, 3.63) is 18.2 Å². The summed E-state index contributed by atoms with van der Waals surface area (Å²) in [6, 6.07) is 3.80. The first-order valence-corrected chi connectivity index (χ1v) is 7.76. The van der Waals surface area contributed by atoms with Crippen molar-refractivity contribution in [1.29, 1.82) is 0 Å². The van der Waals surface area contributed by atoms with Gasteiger partial charge in [-0.25, -0.2) is 13.1 Å². The molecule has 1 aromatic carbocycles. The lowest BCUT2D eigenvalue weighted by Crippen LogP contribution is -2.26. The van der Waals surface area contributed by atoms with Crippen molar-refractivity contribution in [3.63, 3.8) is 0 Å². The van der Waals surface area contributed by atoms with Crippen LogP contribution in [0.5, 0.6) is 5.75 Å². The average molecular weight is 330 g/mol. The Kier molecular flexibility index (Phi) is 5.54. The van der Waals surface area contributed by atoms with E-state index in [1.807, 2.05) is 0 Å². The highest BCUT2D eigenvalue weighted by atomic mass is 32.2. The summed E-state index contributed by atoms with van der Waals surface area (Å²) in [5.41, 5.74) is 1.43. The van der Waals surface area contributed by atoms with Gasteiger partial charge in [-0.05, 0) is 23.9 Å². The van der Waals surface area contributed by atoms with Gasteiger partial charge in [-0.15, -0.1) is 0 Å². The molecule has 10 heteroatoms. The van der Waals surface area contributed by atoms with E-state index >= 15 is 0 Å². The van der Waals surface area contributed by atoms with Crippen molar-refractivity contribution in [3.8, 4) is 5.75 Å². The van der Waals surface area contributed by atoms with E-state index in [0.29, 0.717) is 0 Å². The normalized spacial score (nSPS) is 12.4. The summed E-state index contributed by atoms with van der Waals surface area (Å²) in [5, 5.41) is 0. The van der Waals surface area contributed by atoms with E-state index in [0.717, 1.165) is 0 Å². The number of nitrogens with one attached hydrogen (secondary N) is 1. The van der Waals surface area contributed by atoms with Crippen LogP contribution in [0.1, 0.15) is 0 Å². The van der Waals surface area contributed by atoms with Crippen LogP contribution in [-0.4, -0.2) is 33.3 Å². The van der Waals surface area contributed by atoms with Gasteiger partial charge in [0.25, 0.3) is 0 Å². The Bertz CT molecular complexity index is 561. The number of benzene rings is 1. The van der Waals surface area contributed by atoms with Gasteiger partial charge in [0.1, 0.15) is 5.75 Å². The molecular weight excluding hydrogens is 317 g/mol. The molecular formula is C10H13F3N2O3S2. The standard InChI is InChI=1S/C10H13F3N2O3S2/c1-18-9-6-7(2-3-8(9)14)20(16,17)15-4-5-19-10(11,12)13/h2-3,6,15H,4-5,14H2,1H3. The van der Waals surface area contributed by atoms with Crippen LogP contribution in [0, 0.1) is 0 Å². The van der Waals surface area contributed by atoms with Crippen molar-refractivity contribution in [2.75, 3.05) is 25.1 Å². The maximum absolute atomic E-state index is 11.9.